The first-order valence-electron chi connectivity index (χ1n) is 6.98. The van der Waals surface area contributed by atoms with Crippen LogP contribution >= 0.6 is 23.1 Å². The van der Waals surface area contributed by atoms with Crippen LogP contribution in [-0.4, -0.2) is 43.3 Å². The Hall–Kier alpha value is -1.41. The number of carbonyl (C=O) groups excluding carboxylic acids is 1. The molecule has 2 aromatic rings. The number of carbonyl (C=O) groups is 1. The van der Waals surface area contributed by atoms with Crippen molar-refractivity contribution in [3.05, 3.63) is 22.4 Å². The van der Waals surface area contributed by atoms with E-state index in [4.69, 9.17) is 0 Å². The molecule has 112 valence electrons. The summed E-state index contributed by atoms with van der Waals surface area (Å²) in [5.74, 6) is 0.507. The van der Waals surface area contributed by atoms with Crippen LogP contribution in [0.3, 0.4) is 0 Å². The van der Waals surface area contributed by atoms with Crippen molar-refractivity contribution in [2.24, 2.45) is 0 Å². The smallest absolute Gasteiger partial charge is 0.233 e. The minimum atomic E-state index is 0.126. The van der Waals surface area contributed by atoms with Crippen molar-refractivity contribution >= 4 is 29.0 Å². The van der Waals surface area contributed by atoms with E-state index in [-0.39, 0.29) is 5.91 Å². The van der Waals surface area contributed by atoms with E-state index >= 15 is 0 Å². The summed E-state index contributed by atoms with van der Waals surface area (Å²) in [6.07, 6.45) is 2.26. The molecule has 0 spiro atoms. The number of thiophene rings is 1. The summed E-state index contributed by atoms with van der Waals surface area (Å²) in [6, 6.07) is 4.50. The molecule has 1 aliphatic carbocycles. The third-order valence-electron chi connectivity index (χ3n) is 3.34. The van der Waals surface area contributed by atoms with Gasteiger partial charge in [0.2, 0.25) is 11.1 Å². The maximum atomic E-state index is 12.3. The molecule has 0 N–H and O–H groups in total. The lowest BCUT2D eigenvalue weighted by atomic mass is 10.4. The Morgan fingerprint density at radius 1 is 1.57 bits per heavy atom. The van der Waals surface area contributed by atoms with Gasteiger partial charge in [-0.1, -0.05) is 17.8 Å². The molecule has 0 unspecified atom stereocenters. The number of amides is 1. The zero-order valence-corrected chi connectivity index (χ0v) is 13.4. The zero-order valence-electron chi connectivity index (χ0n) is 11.8. The Balaban J connectivity index is 1.55. The van der Waals surface area contributed by atoms with Gasteiger partial charge in [0.15, 0.2) is 0 Å². The first kappa shape index (κ1) is 14.5. The van der Waals surface area contributed by atoms with Crippen LogP contribution in [0.1, 0.15) is 30.7 Å². The van der Waals surface area contributed by atoms with Gasteiger partial charge in [0.05, 0.1) is 18.3 Å². The lowest BCUT2D eigenvalue weighted by molar-refractivity contribution is -0.128. The molecular weight excluding hydrogens is 306 g/mol. The van der Waals surface area contributed by atoms with Crippen molar-refractivity contribution in [2.45, 2.75) is 37.5 Å². The van der Waals surface area contributed by atoms with Gasteiger partial charge in [0.1, 0.15) is 0 Å². The minimum Gasteiger partial charge on any atom is -0.337 e. The number of rotatable bonds is 7. The van der Waals surface area contributed by atoms with Crippen molar-refractivity contribution in [3.8, 4) is 0 Å². The number of tetrazole rings is 1. The summed E-state index contributed by atoms with van der Waals surface area (Å²) < 4.78 is 1.84. The van der Waals surface area contributed by atoms with Gasteiger partial charge >= 0.3 is 0 Å². The molecule has 2 aromatic heterocycles. The standard InChI is InChI=1S/C13H17N5OS2/c1-2-17(8-11-4-3-7-20-11)12(19)9-21-13-14-15-16-18(13)10-5-6-10/h3-4,7,10H,2,5-6,8-9H2,1H3. The summed E-state index contributed by atoms with van der Waals surface area (Å²) in [7, 11) is 0. The lowest BCUT2D eigenvalue weighted by Crippen LogP contribution is -2.31. The zero-order chi connectivity index (χ0) is 14.7. The molecule has 1 amide bonds. The average Bonchev–Trinajstić information content (AvgIpc) is 3.02. The van der Waals surface area contributed by atoms with Crippen LogP contribution in [0.4, 0.5) is 0 Å². The van der Waals surface area contributed by atoms with Gasteiger partial charge in [-0.2, -0.15) is 0 Å². The van der Waals surface area contributed by atoms with Crippen LogP contribution < -0.4 is 0 Å². The largest absolute Gasteiger partial charge is 0.337 e. The van der Waals surface area contributed by atoms with E-state index in [1.165, 1.54) is 16.6 Å². The number of aromatic nitrogens is 4. The maximum Gasteiger partial charge on any atom is 0.233 e. The molecule has 1 fully saturated rings. The van der Waals surface area contributed by atoms with Gasteiger partial charge in [-0.05, 0) is 41.6 Å². The van der Waals surface area contributed by atoms with Gasteiger partial charge in [0, 0.05) is 11.4 Å². The van der Waals surface area contributed by atoms with Gasteiger partial charge in [-0.3, -0.25) is 4.79 Å². The quantitative estimate of drug-likeness (QED) is 0.731. The van der Waals surface area contributed by atoms with E-state index in [9.17, 15) is 4.79 Å². The molecule has 0 bridgehead atoms. The van der Waals surface area contributed by atoms with Crippen LogP contribution in [-0.2, 0) is 11.3 Å². The second kappa shape index (κ2) is 6.57. The Labute approximate surface area is 131 Å². The molecule has 6 nitrogen and oxygen atoms in total. The summed E-state index contributed by atoms with van der Waals surface area (Å²) in [4.78, 5) is 15.4. The maximum absolute atomic E-state index is 12.3. The average molecular weight is 323 g/mol. The van der Waals surface area contributed by atoms with Crippen molar-refractivity contribution in [1.29, 1.82) is 0 Å². The number of hydrogen-bond acceptors (Lipinski definition) is 6. The van der Waals surface area contributed by atoms with Crippen LogP contribution in [0, 0.1) is 0 Å². The molecular formula is C13H17N5OS2. The van der Waals surface area contributed by atoms with E-state index in [0.29, 0.717) is 24.9 Å². The first-order valence-corrected chi connectivity index (χ1v) is 8.85. The van der Waals surface area contributed by atoms with Crippen molar-refractivity contribution in [1.82, 2.24) is 25.1 Å². The van der Waals surface area contributed by atoms with Crippen LogP contribution in [0.25, 0.3) is 0 Å². The molecule has 0 saturated heterocycles. The van der Waals surface area contributed by atoms with E-state index in [2.05, 4.69) is 21.6 Å². The molecule has 0 aromatic carbocycles. The highest BCUT2D eigenvalue weighted by atomic mass is 32.2. The second-order valence-corrected chi connectivity index (χ2v) is 6.89. The molecule has 21 heavy (non-hydrogen) atoms. The normalized spacial score (nSPS) is 14.3. The molecule has 1 saturated carbocycles. The third-order valence-corrected chi connectivity index (χ3v) is 5.12. The van der Waals surface area contributed by atoms with Crippen molar-refractivity contribution < 1.29 is 4.79 Å². The van der Waals surface area contributed by atoms with Crippen molar-refractivity contribution in [3.63, 3.8) is 0 Å². The summed E-state index contributed by atoms with van der Waals surface area (Å²) in [5, 5.41) is 14.5. The highest BCUT2D eigenvalue weighted by Crippen LogP contribution is 2.36. The van der Waals surface area contributed by atoms with Crippen LogP contribution in [0.2, 0.25) is 0 Å². The molecule has 0 radical (unpaired) electrons. The molecule has 1 aliphatic rings. The fourth-order valence-corrected chi connectivity index (χ4v) is 3.58. The SMILES string of the molecule is CCN(Cc1cccs1)C(=O)CSc1nnnn1C1CC1. The minimum absolute atomic E-state index is 0.126. The third kappa shape index (κ3) is 3.62. The molecule has 8 heteroatoms. The first-order chi connectivity index (χ1) is 10.3. The number of nitrogens with zero attached hydrogens (tertiary/aromatic N) is 5. The monoisotopic (exact) mass is 323 g/mol. The Kier molecular flexibility index (Phi) is 4.54. The molecule has 0 atom stereocenters. The molecule has 3 rings (SSSR count). The lowest BCUT2D eigenvalue weighted by Gasteiger charge is -2.19. The van der Waals surface area contributed by atoms with Gasteiger partial charge < -0.3 is 4.90 Å². The van der Waals surface area contributed by atoms with E-state index < -0.39 is 0 Å². The van der Waals surface area contributed by atoms with Crippen molar-refractivity contribution in [2.75, 3.05) is 12.3 Å². The Morgan fingerprint density at radius 2 is 2.43 bits per heavy atom. The van der Waals surface area contributed by atoms with E-state index in [0.717, 1.165) is 18.0 Å². The highest BCUT2D eigenvalue weighted by Gasteiger charge is 2.28. The van der Waals surface area contributed by atoms with E-state index in [1.807, 2.05) is 28.0 Å². The molecule has 2 heterocycles. The Morgan fingerprint density at radius 3 is 3.10 bits per heavy atom. The summed E-state index contributed by atoms with van der Waals surface area (Å²) >= 11 is 3.10. The molecule has 0 aliphatic heterocycles. The second-order valence-electron chi connectivity index (χ2n) is 4.91. The number of thioether (sulfide) groups is 1. The van der Waals surface area contributed by atoms with Gasteiger partial charge in [0.25, 0.3) is 0 Å². The Bertz CT molecular complexity index is 593. The highest BCUT2D eigenvalue weighted by molar-refractivity contribution is 7.99. The topological polar surface area (TPSA) is 63.9 Å². The predicted molar refractivity (Wildman–Crippen MR) is 82.2 cm³/mol. The van der Waals surface area contributed by atoms with Gasteiger partial charge in [-0.25, -0.2) is 4.68 Å². The summed E-state index contributed by atoms with van der Waals surface area (Å²) in [5.41, 5.74) is 0. The van der Waals surface area contributed by atoms with E-state index in [1.54, 1.807) is 11.3 Å². The fraction of sp³-hybridized carbons (Fsp3) is 0.538. The predicted octanol–water partition coefficient (Wildman–Crippen LogP) is 2.21. The van der Waals surface area contributed by atoms with Crippen LogP contribution in [0.5, 0.6) is 0 Å². The van der Waals surface area contributed by atoms with Gasteiger partial charge in [-0.15, -0.1) is 16.4 Å². The number of hydrogen-bond donors (Lipinski definition) is 0. The summed E-state index contributed by atoms with van der Waals surface area (Å²) in [6.45, 7) is 3.40. The fourth-order valence-electron chi connectivity index (χ4n) is 2.01. The van der Waals surface area contributed by atoms with Crippen LogP contribution in [0.15, 0.2) is 22.7 Å².